The fraction of sp³-hybridized carbons (Fsp3) is 0.500. The van der Waals surface area contributed by atoms with Crippen molar-refractivity contribution >= 4 is 5.97 Å². The topological polar surface area (TPSA) is 35.5 Å². The molecule has 10 heavy (non-hydrogen) atoms. The molecule has 0 radical (unpaired) electrons. The summed E-state index contributed by atoms with van der Waals surface area (Å²) in [7, 11) is 0. The van der Waals surface area contributed by atoms with Crippen LogP contribution in [0.4, 0.5) is 4.53 Å². The van der Waals surface area contributed by atoms with Crippen LogP contribution in [0.25, 0.3) is 0 Å². The van der Waals surface area contributed by atoms with Gasteiger partial charge in [0.05, 0.1) is 12.2 Å². The maximum absolute atomic E-state index is 11.1. The van der Waals surface area contributed by atoms with Crippen molar-refractivity contribution in [3.05, 3.63) is 12.2 Å². The van der Waals surface area contributed by atoms with E-state index < -0.39 is 12.6 Å². The van der Waals surface area contributed by atoms with Gasteiger partial charge in [-0.2, -0.15) is 4.94 Å². The molecule has 0 amide bonds. The number of rotatable bonds is 4. The number of hydrogen-bond donors (Lipinski definition) is 0. The molecule has 0 rings (SSSR count). The molecule has 0 unspecified atom stereocenters. The smallest absolute Gasteiger partial charge is 0.335 e. The molecule has 0 bridgehead atoms. The zero-order chi connectivity index (χ0) is 7.98. The Morgan fingerprint density at radius 1 is 1.70 bits per heavy atom. The van der Waals surface area contributed by atoms with Crippen LogP contribution in [0.1, 0.15) is 6.92 Å². The zero-order valence-electron chi connectivity index (χ0n) is 5.72. The highest BCUT2D eigenvalue weighted by Gasteiger charge is 2.06. The molecule has 0 N–H and O–H groups in total. The molecule has 0 saturated heterocycles. The van der Waals surface area contributed by atoms with Crippen molar-refractivity contribution < 1.29 is 19.0 Å². The largest absolute Gasteiger partial charge is 0.463 e. The summed E-state index contributed by atoms with van der Waals surface area (Å²) in [6.45, 7) is 4.70. The molecule has 0 aliphatic carbocycles. The second kappa shape index (κ2) is 4.93. The first kappa shape index (κ1) is 9.10. The van der Waals surface area contributed by atoms with Gasteiger partial charge >= 0.3 is 5.97 Å². The minimum atomic E-state index is -0.625. The Labute approximate surface area is 58.3 Å². The Hall–Kier alpha value is -0.900. The fourth-order valence-corrected chi connectivity index (χ4v) is 0.358. The van der Waals surface area contributed by atoms with Crippen LogP contribution >= 0.6 is 0 Å². The van der Waals surface area contributed by atoms with E-state index in [0.29, 0.717) is 0 Å². The molecule has 0 saturated carbocycles. The Bertz CT molecular complexity index is 117. The quantitative estimate of drug-likeness (QED) is 0.441. The van der Waals surface area contributed by atoms with E-state index in [1.807, 2.05) is 0 Å². The van der Waals surface area contributed by atoms with Crippen molar-refractivity contribution in [1.29, 1.82) is 0 Å². The van der Waals surface area contributed by atoms with Crippen LogP contribution in [0.15, 0.2) is 12.2 Å². The molecule has 58 valence electrons. The van der Waals surface area contributed by atoms with Crippen LogP contribution in [-0.2, 0) is 14.5 Å². The van der Waals surface area contributed by atoms with Crippen molar-refractivity contribution in [2.45, 2.75) is 6.92 Å². The maximum Gasteiger partial charge on any atom is 0.335 e. The highest BCUT2D eigenvalue weighted by Crippen LogP contribution is 1.95. The molecule has 0 aromatic rings. The van der Waals surface area contributed by atoms with E-state index in [4.69, 9.17) is 0 Å². The van der Waals surface area contributed by atoms with Crippen LogP contribution in [-0.4, -0.2) is 19.2 Å². The van der Waals surface area contributed by atoms with E-state index in [2.05, 4.69) is 16.3 Å². The molecule has 0 aromatic heterocycles. The van der Waals surface area contributed by atoms with Gasteiger partial charge in [-0.05, 0) is 11.4 Å². The summed E-state index contributed by atoms with van der Waals surface area (Å²) in [6, 6.07) is 0. The van der Waals surface area contributed by atoms with Crippen LogP contribution in [0.5, 0.6) is 0 Å². The van der Waals surface area contributed by atoms with Gasteiger partial charge in [-0.3, -0.25) is 0 Å². The van der Waals surface area contributed by atoms with Gasteiger partial charge in [0.2, 0.25) is 0 Å². The average molecular weight is 148 g/mol. The summed E-state index contributed by atoms with van der Waals surface area (Å²) in [5.74, 6) is -0.625. The van der Waals surface area contributed by atoms with Gasteiger partial charge < -0.3 is 4.74 Å². The third kappa shape index (κ3) is 3.19. The second-order valence-electron chi connectivity index (χ2n) is 1.58. The summed E-state index contributed by atoms with van der Waals surface area (Å²) in [5, 5.41) is 0. The molecule has 0 aliphatic rings. The zero-order valence-corrected chi connectivity index (χ0v) is 5.72. The predicted octanol–water partition coefficient (Wildman–Crippen LogP) is 1.01. The number of halogens is 1. The number of carbonyl (C=O) groups is 1. The summed E-state index contributed by atoms with van der Waals surface area (Å²) in [6.07, 6.45) is 0. The van der Waals surface area contributed by atoms with Crippen LogP contribution in [0.3, 0.4) is 0 Å². The second-order valence-corrected chi connectivity index (χ2v) is 1.58. The molecule has 0 aliphatic heterocycles. The third-order valence-corrected chi connectivity index (χ3v) is 0.793. The molecule has 0 spiro atoms. The molecule has 4 heteroatoms. The number of esters is 1. The van der Waals surface area contributed by atoms with E-state index in [1.54, 1.807) is 6.92 Å². The number of hydrogen-bond acceptors (Lipinski definition) is 3. The van der Waals surface area contributed by atoms with Gasteiger partial charge in [0, 0.05) is 0 Å². The van der Waals surface area contributed by atoms with E-state index in [-0.39, 0.29) is 12.2 Å². The first-order valence-corrected chi connectivity index (χ1v) is 2.80. The van der Waals surface area contributed by atoms with E-state index in [1.165, 1.54) is 0 Å². The third-order valence-electron chi connectivity index (χ3n) is 0.793. The molecule has 0 heterocycles. The van der Waals surface area contributed by atoms with Gasteiger partial charge in [-0.15, -0.1) is 0 Å². The van der Waals surface area contributed by atoms with Gasteiger partial charge in [0.1, 0.15) is 6.61 Å². The summed E-state index contributed by atoms with van der Waals surface area (Å²) >= 11 is 0. The Kier molecular flexibility index (Phi) is 4.49. The minimum absolute atomic E-state index is 0.0237. The highest BCUT2D eigenvalue weighted by molar-refractivity contribution is 5.87. The predicted molar refractivity (Wildman–Crippen MR) is 32.8 cm³/mol. The first-order chi connectivity index (χ1) is 4.72. The van der Waals surface area contributed by atoms with Crippen LogP contribution < -0.4 is 0 Å². The molecule has 3 nitrogen and oxygen atoms in total. The van der Waals surface area contributed by atoms with E-state index in [9.17, 15) is 9.32 Å². The van der Waals surface area contributed by atoms with Crippen molar-refractivity contribution in [2.75, 3.05) is 13.2 Å². The van der Waals surface area contributed by atoms with Crippen molar-refractivity contribution in [3.8, 4) is 0 Å². The van der Waals surface area contributed by atoms with Crippen molar-refractivity contribution in [3.63, 3.8) is 0 Å². The van der Waals surface area contributed by atoms with Gasteiger partial charge in [0.15, 0.2) is 0 Å². The Balaban J connectivity index is 3.60. The standard InChI is InChI=1S/C6H9FO3/c1-3-9-6(8)5(2)4-10-7/h2-4H2,1H3. The monoisotopic (exact) mass is 148 g/mol. The number of carbonyl (C=O) groups excluding carboxylic acids is 1. The molecule has 0 atom stereocenters. The molecule has 0 fully saturated rings. The molecular formula is C6H9FO3. The molecule has 0 aromatic carbocycles. The lowest BCUT2D eigenvalue weighted by molar-refractivity contribution is -0.146. The van der Waals surface area contributed by atoms with Gasteiger partial charge in [0.25, 0.3) is 0 Å². The maximum atomic E-state index is 11.1. The lowest BCUT2D eigenvalue weighted by Gasteiger charge is -2.00. The van der Waals surface area contributed by atoms with Crippen LogP contribution in [0.2, 0.25) is 0 Å². The van der Waals surface area contributed by atoms with Gasteiger partial charge in [-0.1, -0.05) is 6.58 Å². The fourth-order valence-electron chi connectivity index (χ4n) is 0.358. The Morgan fingerprint density at radius 3 is 2.70 bits per heavy atom. The van der Waals surface area contributed by atoms with Crippen molar-refractivity contribution in [2.24, 2.45) is 0 Å². The van der Waals surface area contributed by atoms with E-state index in [0.717, 1.165) is 0 Å². The molecular weight excluding hydrogens is 139 g/mol. The van der Waals surface area contributed by atoms with Crippen molar-refractivity contribution in [1.82, 2.24) is 0 Å². The first-order valence-electron chi connectivity index (χ1n) is 2.80. The number of ether oxygens (including phenoxy) is 1. The lowest BCUT2D eigenvalue weighted by atomic mass is 10.3. The van der Waals surface area contributed by atoms with Crippen LogP contribution in [0, 0.1) is 0 Å². The minimum Gasteiger partial charge on any atom is -0.463 e. The van der Waals surface area contributed by atoms with E-state index >= 15 is 0 Å². The SMILES string of the molecule is C=C(COF)C(=O)OCC. The normalized spacial score (nSPS) is 9.00. The average Bonchev–Trinajstić information content (AvgIpc) is 1.89. The highest BCUT2D eigenvalue weighted by atomic mass is 19.3. The summed E-state index contributed by atoms with van der Waals surface area (Å²) < 4.78 is 15.5. The van der Waals surface area contributed by atoms with Gasteiger partial charge in [-0.25, -0.2) is 4.79 Å². The lowest BCUT2D eigenvalue weighted by Crippen LogP contribution is -2.09. The summed E-state index contributed by atoms with van der Waals surface area (Å²) in [4.78, 5) is 13.7. The Morgan fingerprint density at radius 2 is 2.30 bits per heavy atom. The summed E-state index contributed by atoms with van der Waals surface area (Å²) in [5.41, 5.74) is -0.0237.